The summed E-state index contributed by atoms with van der Waals surface area (Å²) in [6.45, 7) is 17.6. The summed E-state index contributed by atoms with van der Waals surface area (Å²) in [7, 11) is 0. The smallest absolute Gasteiger partial charge is 0.185 e. The van der Waals surface area contributed by atoms with Gasteiger partial charge in [-0.25, -0.2) is 4.98 Å². The quantitative estimate of drug-likeness (QED) is 0.677. The standard InChI is InChI=1S/C17H33N3S/c1-7-10-12-20(9-3)16-19-15(17(4,5)6)14(21-16)13-18-11-8-2/h18H,7-13H2,1-6H3. The third-order valence-corrected chi connectivity index (χ3v) is 4.66. The van der Waals surface area contributed by atoms with E-state index in [0.29, 0.717) is 0 Å². The lowest BCUT2D eigenvalue weighted by atomic mass is 9.91. The molecule has 0 saturated heterocycles. The molecule has 0 radical (unpaired) electrons. The molecule has 1 rings (SSSR count). The summed E-state index contributed by atoms with van der Waals surface area (Å²) < 4.78 is 0. The Morgan fingerprint density at radius 2 is 1.86 bits per heavy atom. The van der Waals surface area contributed by atoms with Gasteiger partial charge in [0.25, 0.3) is 0 Å². The molecule has 0 amide bonds. The van der Waals surface area contributed by atoms with Crippen molar-refractivity contribution in [3.8, 4) is 0 Å². The van der Waals surface area contributed by atoms with Gasteiger partial charge in [0.05, 0.1) is 5.69 Å². The number of anilines is 1. The van der Waals surface area contributed by atoms with Gasteiger partial charge in [-0.15, -0.1) is 11.3 Å². The predicted molar refractivity (Wildman–Crippen MR) is 95.6 cm³/mol. The number of aromatic nitrogens is 1. The second-order valence-electron chi connectivity index (χ2n) is 6.63. The minimum absolute atomic E-state index is 0.113. The molecule has 0 aliphatic heterocycles. The molecule has 0 atom stereocenters. The van der Waals surface area contributed by atoms with Crippen molar-refractivity contribution in [1.82, 2.24) is 10.3 Å². The van der Waals surface area contributed by atoms with E-state index in [9.17, 15) is 0 Å². The van der Waals surface area contributed by atoms with Crippen LogP contribution in [0.1, 0.15) is 71.4 Å². The maximum Gasteiger partial charge on any atom is 0.185 e. The number of nitrogens with one attached hydrogen (secondary N) is 1. The summed E-state index contributed by atoms with van der Waals surface area (Å²) in [5, 5.41) is 4.73. The molecular formula is C17H33N3S. The highest BCUT2D eigenvalue weighted by atomic mass is 32.1. The lowest BCUT2D eigenvalue weighted by Gasteiger charge is -2.20. The lowest BCUT2D eigenvalue weighted by molar-refractivity contribution is 0.558. The van der Waals surface area contributed by atoms with Crippen molar-refractivity contribution >= 4 is 16.5 Å². The maximum absolute atomic E-state index is 4.99. The highest BCUT2D eigenvalue weighted by Crippen LogP contribution is 2.34. The molecule has 1 aromatic heterocycles. The van der Waals surface area contributed by atoms with Crippen molar-refractivity contribution in [3.05, 3.63) is 10.6 Å². The minimum atomic E-state index is 0.113. The van der Waals surface area contributed by atoms with Gasteiger partial charge in [0, 0.05) is 29.9 Å². The van der Waals surface area contributed by atoms with E-state index in [0.717, 1.165) is 26.2 Å². The van der Waals surface area contributed by atoms with E-state index < -0.39 is 0 Å². The Morgan fingerprint density at radius 3 is 2.38 bits per heavy atom. The van der Waals surface area contributed by atoms with Crippen LogP contribution >= 0.6 is 11.3 Å². The van der Waals surface area contributed by atoms with Crippen LogP contribution in [0.2, 0.25) is 0 Å². The molecule has 0 saturated carbocycles. The van der Waals surface area contributed by atoms with E-state index in [1.54, 1.807) is 0 Å². The second kappa shape index (κ2) is 8.74. The van der Waals surface area contributed by atoms with Gasteiger partial charge < -0.3 is 10.2 Å². The van der Waals surface area contributed by atoms with E-state index >= 15 is 0 Å². The van der Waals surface area contributed by atoms with Gasteiger partial charge in [-0.2, -0.15) is 0 Å². The molecule has 0 spiro atoms. The summed E-state index contributed by atoms with van der Waals surface area (Å²) in [6.07, 6.45) is 3.65. The van der Waals surface area contributed by atoms with Crippen molar-refractivity contribution in [2.75, 3.05) is 24.5 Å². The molecule has 3 nitrogen and oxygen atoms in total. The average molecular weight is 312 g/mol. The molecule has 0 unspecified atom stereocenters. The zero-order chi connectivity index (χ0) is 15.9. The summed E-state index contributed by atoms with van der Waals surface area (Å²) in [5.41, 5.74) is 1.38. The Morgan fingerprint density at radius 1 is 1.14 bits per heavy atom. The van der Waals surface area contributed by atoms with Crippen molar-refractivity contribution in [2.24, 2.45) is 0 Å². The van der Waals surface area contributed by atoms with Crippen molar-refractivity contribution in [2.45, 2.75) is 72.8 Å². The van der Waals surface area contributed by atoms with E-state index in [-0.39, 0.29) is 5.41 Å². The first kappa shape index (κ1) is 18.4. The first-order chi connectivity index (χ1) is 9.93. The molecule has 0 aliphatic carbocycles. The molecule has 0 aliphatic rings. The highest BCUT2D eigenvalue weighted by molar-refractivity contribution is 7.15. The molecular weight excluding hydrogens is 278 g/mol. The molecule has 1 aromatic rings. The normalized spacial score (nSPS) is 11.9. The van der Waals surface area contributed by atoms with Crippen LogP contribution in [0.4, 0.5) is 5.13 Å². The zero-order valence-electron chi connectivity index (χ0n) is 14.8. The van der Waals surface area contributed by atoms with Crippen LogP contribution in [-0.4, -0.2) is 24.6 Å². The Balaban J connectivity index is 2.95. The van der Waals surface area contributed by atoms with Crippen LogP contribution in [0.25, 0.3) is 0 Å². The lowest BCUT2D eigenvalue weighted by Crippen LogP contribution is -2.24. The fourth-order valence-corrected chi connectivity index (χ4v) is 3.63. The summed E-state index contributed by atoms with van der Waals surface area (Å²) in [4.78, 5) is 8.82. The third kappa shape index (κ3) is 5.59. The fourth-order valence-electron chi connectivity index (χ4n) is 2.30. The van der Waals surface area contributed by atoms with Gasteiger partial charge in [0.1, 0.15) is 0 Å². The second-order valence-corrected chi connectivity index (χ2v) is 7.69. The molecule has 0 aromatic carbocycles. The molecule has 21 heavy (non-hydrogen) atoms. The summed E-state index contributed by atoms with van der Waals surface area (Å²) >= 11 is 1.87. The van der Waals surface area contributed by atoms with Gasteiger partial charge >= 0.3 is 0 Å². The first-order valence-corrected chi connectivity index (χ1v) is 9.21. The summed E-state index contributed by atoms with van der Waals surface area (Å²) in [6, 6.07) is 0. The Bertz CT molecular complexity index is 407. The van der Waals surface area contributed by atoms with Crippen molar-refractivity contribution < 1.29 is 0 Å². The van der Waals surface area contributed by atoms with Gasteiger partial charge in [0.2, 0.25) is 0 Å². The van der Waals surface area contributed by atoms with Gasteiger partial charge in [-0.05, 0) is 26.3 Å². The Kier molecular flexibility index (Phi) is 7.67. The first-order valence-electron chi connectivity index (χ1n) is 8.39. The monoisotopic (exact) mass is 311 g/mol. The Labute approximate surface area is 135 Å². The molecule has 122 valence electrons. The van der Waals surface area contributed by atoms with E-state index in [1.165, 1.54) is 35.0 Å². The van der Waals surface area contributed by atoms with Gasteiger partial charge in [-0.1, -0.05) is 41.0 Å². The summed E-state index contributed by atoms with van der Waals surface area (Å²) in [5.74, 6) is 0. The zero-order valence-corrected chi connectivity index (χ0v) is 15.6. The van der Waals surface area contributed by atoms with E-state index in [2.05, 4.69) is 51.8 Å². The molecule has 4 heteroatoms. The molecule has 0 fully saturated rings. The predicted octanol–water partition coefficient (Wildman–Crippen LogP) is 4.57. The van der Waals surface area contributed by atoms with Crippen LogP contribution in [0.15, 0.2) is 0 Å². The maximum atomic E-state index is 4.99. The van der Waals surface area contributed by atoms with Gasteiger partial charge in [0.15, 0.2) is 5.13 Å². The molecule has 1 N–H and O–H groups in total. The molecule has 0 bridgehead atoms. The average Bonchev–Trinajstić information content (AvgIpc) is 2.84. The molecule has 1 heterocycles. The van der Waals surface area contributed by atoms with Gasteiger partial charge in [-0.3, -0.25) is 0 Å². The largest absolute Gasteiger partial charge is 0.348 e. The van der Waals surface area contributed by atoms with E-state index in [4.69, 9.17) is 4.98 Å². The topological polar surface area (TPSA) is 28.2 Å². The van der Waals surface area contributed by atoms with Crippen LogP contribution in [0, 0.1) is 0 Å². The fraction of sp³-hybridized carbons (Fsp3) is 0.824. The Hall–Kier alpha value is -0.610. The number of hydrogen-bond acceptors (Lipinski definition) is 4. The van der Waals surface area contributed by atoms with Crippen LogP contribution < -0.4 is 10.2 Å². The number of thiazole rings is 1. The third-order valence-electron chi connectivity index (χ3n) is 3.54. The highest BCUT2D eigenvalue weighted by Gasteiger charge is 2.24. The number of nitrogens with zero attached hydrogens (tertiary/aromatic N) is 2. The van der Waals surface area contributed by atoms with Crippen LogP contribution in [0.3, 0.4) is 0 Å². The number of rotatable bonds is 9. The SMILES string of the molecule is CCCCN(CC)c1nc(C(C)(C)C)c(CNCCC)s1. The minimum Gasteiger partial charge on any atom is -0.348 e. The van der Waals surface area contributed by atoms with E-state index in [1.807, 2.05) is 11.3 Å². The van der Waals surface area contributed by atoms with Crippen molar-refractivity contribution in [1.29, 1.82) is 0 Å². The number of hydrogen-bond donors (Lipinski definition) is 1. The number of unbranched alkanes of at least 4 members (excludes halogenated alkanes) is 1. The van der Waals surface area contributed by atoms with Crippen LogP contribution in [-0.2, 0) is 12.0 Å². The van der Waals surface area contributed by atoms with Crippen LogP contribution in [0.5, 0.6) is 0 Å². The van der Waals surface area contributed by atoms with Crippen molar-refractivity contribution in [3.63, 3.8) is 0 Å².